The van der Waals surface area contributed by atoms with E-state index < -0.39 is 17.5 Å². The van der Waals surface area contributed by atoms with E-state index in [0.717, 1.165) is 43.7 Å². The van der Waals surface area contributed by atoms with Gasteiger partial charge in [-0.2, -0.15) is 15.3 Å². The number of carboxylic acids is 1. The Morgan fingerprint density at radius 2 is 1.30 bits per heavy atom. The first-order chi connectivity index (χ1) is 26.1. The Balaban J connectivity index is 0.000000148. The van der Waals surface area contributed by atoms with Gasteiger partial charge in [0.15, 0.2) is 16.9 Å². The van der Waals surface area contributed by atoms with Gasteiger partial charge in [-0.15, -0.1) is 0 Å². The molecule has 8 rings (SSSR count). The molecule has 0 amide bonds. The van der Waals surface area contributed by atoms with E-state index in [2.05, 4.69) is 56.1 Å². The quantitative estimate of drug-likeness (QED) is 0.204. The number of aromatic carboxylic acids is 1. The van der Waals surface area contributed by atoms with Crippen molar-refractivity contribution in [1.29, 1.82) is 0 Å². The molecule has 0 aromatic carbocycles. The summed E-state index contributed by atoms with van der Waals surface area (Å²) in [6.45, 7) is 3.90. The molecule has 0 spiro atoms. The maximum Gasteiger partial charge on any atom is 0.343 e. The van der Waals surface area contributed by atoms with Gasteiger partial charge in [-0.05, 0) is 88.4 Å². The number of aromatic amines is 1. The molecule has 0 atom stereocenters. The molecule has 8 aromatic heterocycles. The average molecular weight is 795 g/mol. The fraction of sp³-hybridized carbons (Fsp3) is 0.167. The second-order valence-electron chi connectivity index (χ2n) is 11.3. The van der Waals surface area contributed by atoms with Crippen molar-refractivity contribution in [2.45, 2.75) is 26.7 Å². The summed E-state index contributed by atoms with van der Waals surface area (Å²) in [6.07, 6.45) is 11.2. The van der Waals surface area contributed by atoms with Crippen molar-refractivity contribution in [3.8, 4) is 28.4 Å². The van der Waals surface area contributed by atoms with E-state index in [1.54, 1.807) is 31.9 Å². The number of carbonyl (C=O) groups excluding carboxylic acids is 1. The number of carbonyl (C=O) groups is 2. The summed E-state index contributed by atoms with van der Waals surface area (Å²) < 4.78 is 16.0. The SMILES string of the molecule is Brc1ccc2ncnn2c1.CCc1cc(C(=O)O)c(=O)[nH]c1-c1ccc2ncnn2c1.CCc1cc(C(=O)OC)c(OC)nc1-c1ccc2ncnn2c1. The zero-order valence-corrected chi connectivity index (χ0v) is 30.9. The third kappa shape index (κ3) is 7.82. The molecule has 0 aliphatic heterocycles. The van der Waals surface area contributed by atoms with Crippen molar-refractivity contribution in [3.05, 3.63) is 123 Å². The van der Waals surface area contributed by atoms with E-state index in [-0.39, 0.29) is 11.4 Å². The van der Waals surface area contributed by atoms with Gasteiger partial charge in [0.25, 0.3) is 5.56 Å². The average Bonchev–Trinajstić information content (AvgIpc) is 3.98. The van der Waals surface area contributed by atoms with E-state index in [0.29, 0.717) is 29.7 Å². The fourth-order valence-corrected chi connectivity index (χ4v) is 5.78. The molecule has 8 heterocycles. The normalized spacial score (nSPS) is 10.8. The Morgan fingerprint density at radius 3 is 1.85 bits per heavy atom. The standard InChI is InChI=1S/C16H16N4O3.C14H12N4O3.C6H4BrN3/c1-4-10-7-12(16(21)23-3)15(22-2)19-14(10)11-5-6-13-17-9-18-20(13)8-11;1-2-8-5-10(14(20)21)13(19)17-12(8)9-3-4-11-15-7-16-18(11)6-9;7-5-1-2-6-8-4-9-10(6)3-5/h5-9H,4H2,1-3H3;3-7H,2H2,1H3,(H,17,19)(H,20,21);1-4H. The van der Waals surface area contributed by atoms with E-state index in [9.17, 15) is 14.4 Å². The number of hydrogen-bond acceptors (Lipinski definition) is 12. The minimum atomic E-state index is -1.23. The van der Waals surface area contributed by atoms with Crippen molar-refractivity contribution in [3.63, 3.8) is 0 Å². The maximum atomic E-state index is 11.9. The molecule has 18 heteroatoms. The zero-order valence-electron chi connectivity index (χ0n) is 29.3. The fourth-order valence-electron chi connectivity index (χ4n) is 5.45. The number of aromatic nitrogens is 11. The van der Waals surface area contributed by atoms with Crippen molar-refractivity contribution < 1.29 is 24.2 Å². The van der Waals surface area contributed by atoms with Gasteiger partial charge < -0.3 is 19.6 Å². The number of hydrogen-bond donors (Lipinski definition) is 2. The first-order valence-electron chi connectivity index (χ1n) is 16.3. The van der Waals surface area contributed by atoms with Crippen molar-refractivity contribution in [2.24, 2.45) is 0 Å². The third-order valence-electron chi connectivity index (χ3n) is 8.13. The van der Waals surface area contributed by atoms with Crippen LogP contribution in [-0.2, 0) is 17.6 Å². The summed E-state index contributed by atoms with van der Waals surface area (Å²) in [5.41, 5.74) is 6.41. The van der Waals surface area contributed by atoms with Gasteiger partial charge in [-0.1, -0.05) is 13.8 Å². The summed E-state index contributed by atoms with van der Waals surface area (Å²) in [5, 5.41) is 21.2. The monoisotopic (exact) mass is 793 g/mol. The van der Waals surface area contributed by atoms with Crippen LogP contribution in [0.25, 0.3) is 39.5 Å². The highest BCUT2D eigenvalue weighted by Gasteiger charge is 2.19. The predicted molar refractivity (Wildman–Crippen MR) is 200 cm³/mol. The summed E-state index contributed by atoms with van der Waals surface area (Å²) in [5.74, 6) is -1.46. The molecule has 17 nitrogen and oxygen atoms in total. The van der Waals surface area contributed by atoms with Crippen molar-refractivity contribution in [1.82, 2.24) is 53.8 Å². The van der Waals surface area contributed by atoms with Gasteiger partial charge in [0.2, 0.25) is 5.88 Å². The highest BCUT2D eigenvalue weighted by atomic mass is 79.9. The Labute approximate surface area is 314 Å². The smallest absolute Gasteiger partial charge is 0.343 e. The van der Waals surface area contributed by atoms with E-state index in [1.165, 1.54) is 39.3 Å². The van der Waals surface area contributed by atoms with Crippen LogP contribution in [0.15, 0.2) is 95.4 Å². The summed E-state index contributed by atoms with van der Waals surface area (Å²) >= 11 is 3.33. The Hall–Kier alpha value is -6.82. The van der Waals surface area contributed by atoms with Crippen LogP contribution in [-0.4, -0.2) is 85.0 Å². The van der Waals surface area contributed by atoms with Gasteiger partial charge in [-0.3, -0.25) is 4.79 Å². The van der Waals surface area contributed by atoms with Crippen molar-refractivity contribution >= 4 is 44.8 Å². The number of aryl methyl sites for hydroxylation is 2. The van der Waals surface area contributed by atoms with Crippen LogP contribution >= 0.6 is 15.9 Å². The molecule has 0 saturated heterocycles. The number of rotatable bonds is 7. The van der Waals surface area contributed by atoms with E-state index >= 15 is 0 Å². The minimum absolute atomic E-state index is 0.239. The molecule has 0 radical (unpaired) electrons. The first kappa shape index (κ1) is 37.0. The molecule has 0 fully saturated rings. The highest BCUT2D eigenvalue weighted by molar-refractivity contribution is 9.10. The van der Waals surface area contributed by atoms with Crippen LogP contribution in [0.1, 0.15) is 45.7 Å². The molecular weight excluding hydrogens is 762 g/mol. The molecule has 0 unspecified atom stereocenters. The lowest BCUT2D eigenvalue weighted by molar-refractivity contribution is 0.0595. The lowest BCUT2D eigenvalue weighted by Crippen LogP contribution is -2.19. The number of ether oxygens (including phenoxy) is 2. The second-order valence-corrected chi connectivity index (χ2v) is 12.3. The van der Waals surface area contributed by atoms with Crippen LogP contribution in [0, 0.1) is 0 Å². The number of H-pyrrole nitrogens is 1. The number of fused-ring (bicyclic) bond motifs is 3. The first-order valence-corrected chi connectivity index (χ1v) is 17.1. The molecule has 8 aromatic rings. The number of pyridine rings is 5. The molecule has 0 aliphatic rings. The number of esters is 1. The number of nitrogens with one attached hydrogen (secondary N) is 1. The topological polar surface area (TPSA) is 209 Å². The summed E-state index contributed by atoms with van der Waals surface area (Å²) in [6, 6.07) is 14.4. The maximum absolute atomic E-state index is 11.9. The largest absolute Gasteiger partial charge is 0.480 e. The number of methoxy groups -OCH3 is 2. The van der Waals surface area contributed by atoms with Crippen LogP contribution < -0.4 is 10.3 Å². The lowest BCUT2D eigenvalue weighted by atomic mass is 10.0. The molecule has 0 saturated carbocycles. The van der Waals surface area contributed by atoms with E-state index in [1.807, 2.05) is 56.6 Å². The lowest BCUT2D eigenvalue weighted by Gasteiger charge is -2.13. The molecule has 274 valence electrons. The van der Waals surface area contributed by atoms with Crippen LogP contribution in [0.3, 0.4) is 0 Å². The molecule has 2 N–H and O–H groups in total. The Kier molecular flexibility index (Phi) is 11.1. The van der Waals surface area contributed by atoms with Gasteiger partial charge in [0.05, 0.1) is 25.6 Å². The highest BCUT2D eigenvalue weighted by Crippen LogP contribution is 2.29. The van der Waals surface area contributed by atoms with Gasteiger partial charge in [0, 0.05) is 34.2 Å². The van der Waals surface area contributed by atoms with Crippen LogP contribution in [0.4, 0.5) is 0 Å². The second kappa shape index (κ2) is 16.2. The number of carboxylic acid groups (broad SMARTS) is 1. The number of halogens is 1. The molecule has 54 heavy (non-hydrogen) atoms. The molecule has 0 bridgehead atoms. The third-order valence-corrected chi connectivity index (χ3v) is 8.60. The summed E-state index contributed by atoms with van der Waals surface area (Å²) in [4.78, 5) is 54.1. The molecule has 0 aliphatic carbocycles. The van der Waals surface area contributed by atoms with Gasteiger partial charge >= 0.3 is 11.9 Å². The van der Waals surface area contributed by atoms with Crippen molar-refractivity contribution in [2.75, 3.05) is 14.2 Å². The summed E-state index contributed by atoms with van der Waals surface area (Å²) in [7, 11) is 2.81. The zero-order chi connectivity index (χ0) is 38.4. The van der Waals surface area contributed by atoms with E-state index in [4.69, 9.17) is 14.6 Å². The van der Waals surface area contributed by atoms with Gasteiger partial charge in [-0.25, -0.2) is 43.1 Å². The van der Waals surface area contributed by atoms with Crippen LogP contribution in [0.5, 0.6) is 5.88 Å². The Morgan fingerprint density at radius 1 is 0.759 bits per heavy atom. The number of nitrogens with zero attached hydrogens (tertiary/aromatic N) is 10. The Bertz CT molecular complexity index is 2680. The minimum Gasteiger partial charge on any atom is -0.480 e. The predicted octanol–water partition coefficient (Wildman–Crippen LogP) is 4.99. The molecular formula is C36H32BrN11O6. The van der Waals surface area contributed by atoms with Crippen LogP contribution in [0.2, 0.25) is 0 Å². The van der Waals surface area contributed by atoms with Gasteiger partial charge in [0.1, 0.15) is 30.1 Å².